The van der Waals surface area contributed by atoms with Crippen LogP contribution in [0, 0.1) is 11.3 Å². The van der Waals surface area contributed by atoms with E-state index < -0.39 is 6.04 Å². The number of fused-ring (bicyclic) bond motifs is 1. The Labute approximate surface area is 111 Å². The van der Waals surface area contributed by atoms with Gasteiger partial charge in [-0.1, -0.05) is 18.2 Å². The predicted molar refractivity (Wildman–Crippen MR) is 66.6 cm³/mol. The van der Waals surface area contributed by atoms with Gasteiger partial charge in [0.2, 0.25) is 5.91 Å². The molecular formula is C14H14N2O3. The summed E-state index contributed by atoms with van der Waals surface area (Å²) in [6.45, 7) is 1.60. The maximum absolute atomic E-state index is 12.6. The Morgan fingerprint density at radius 2 is 2.21 bits per heavy atom. The summed E-state index contributed by atoms with van der Waals surface area (Å²) in [6, 6.07) is 9.19. The molecule has 0 N–H and O–H groups in total. The zero-order valence-electron chi connectivity index (χ0n) is 10.4. The molecule has 0 saturated carbocycles. The van der Waals surface area contributed by atoms with Crippen LogP contribution >= 0.6 is 0 Å². The molecule has 2 aliphatic rings. The van der Waals surface area contributed by atoms with Gasteiger partial charge in [-0.25, -0.2) is 0 Å². The molecule has 0 aliphatic carbocycles. The van der Waals surface area contributed by atoms with E-state index in [0.29, 0.717) is 19.8 Å². The number of ether oxygens (including phenoxy) is 2. The predicted octanol–water partition coefficient (Wildman–Crippen LogP) is 0.914. The SMILES string of the molecule is N#C[C@@H]1COCCN1C(=O)[C@H]1COc2ccccc21. The van der Waals surface area contributed by atoms with Gasteiger partial charge >= 0.3 is 0 Å². The molecule has 1 aromatic rings. The smallest absolute Gasteiger partial charge is 0.234 e. The minimum atomic E-state index is -0.492. The van der Waals surface area contributed by atoms with Gasteiger partial charge in [0.05, 0.1) is 19.3 Å². The Morgan fingerprint density at radius 1 is 1.37 bits per heavy atom. The van der Waals surface area contributed by atoms with E-state index in [2.05, 4.69) is 6.07 Å². The second kappa shape index (κ2) is 4.90. The number of hydrogen-bond donors (Lipinski definition) is 0. The lowest BCUT2D eigenvalue weighted by Gasteiger charge is -2.32. The van der Waals surface area contributed by atoms with Crippen molar-refractivity contribution in [3.05, 3.63) is 29.8 Å². The summed E-state index contributed by atoms with van der Waals surface area (Å²) in [5, 5.41) is 9.09. The van der Waals surface area contributed by atoms with Gasteiger partial charge in [-0.05, 0) is 6.07 Å². The highest BCUT2D eigenvalue weighted by molar-refractivity contribution is 5.86. The molecule has 0 bridgehead atoms. The number of nitriles is 1. The Hall–Kier alpha value is -2.06. The van der Waals surface area contributed by atoms with Crippen molar-refractivity contribution in [2.75, 3.05) is 26.4 Å². The highest BCUT2D eigenvalue weighted by Crippen LogP contribution is 2.35. The number of benzene rings is 1. The van der Waals surface area contributed by atoms with Crippen molar-refractivity contribution in [1.29, 1.82) is 5.26 Å². The molecule has 1 saturated heterocycles. The number of carbonyl (C=O) groups is 1. The van der Waals surface area contributed by atoms with Gasteiger partial charge in [-0.15, -0.1) is 0 Å². The summed E-state index contributed by atoms with van der Waals surface area (Å²) in [7, 11) is 0. The lowest BCUT2D eigenvalue weighted by Crippen LogP contribution is -2.49. The van der Waals surface area contributed by atoms with Crippen molar-refractivity contribution in [2.24, 2.45) is 0 Å². The molecule has 2 aliphatic heterocycles. The van der Waals surface area contributed by atoms with E-state index in [-0.39, 0.29) is 18.4 Å². The van der Waals surface area contributed by atoms with Gasteiger partial charge in [0.15, 0.2) is 0 Å². The van der Waals surface area contributed by atoms with Crippen molar-refractivity contribution in [3.8, 4) is 11.8 Å². The van der Waals surface area contributed by atoms with Crippen LogP contribution in [0.25, 0.3) is 0 Å². The normalized spacial score (nSPS) is 25.3. The molecule has 1 aromatic carbocycles. The first kappa shape index (κ1) is 12.0. The molecule has 19 heavy (non-hydrogen) atoms. The van der Waals surface area contributed by atoms with Crippen molar-refractivity contribution in [3.63, 3.8) is 0 Å². The molecule has 98 valence electrons. The summed E-state index contributed by atoms with van der Waals surface area (Å²) < 4.78 is 10.8. The second-order valence-electron chi connectivity index (χ2n) is 4.65. The highest BCUT2D eigenvalue weighted by atomic mass is 16.5. The van der Waals surface area contributed by atoms with Gasteiger partial charge in [0.1, 0.15) is 24.3 Å². The lowest BCUT2D eigenvalue weighted by atomic mass is 9.99. The first-order chi connectivity index (χ1) is 9.31. The Morgan fingerprint density at radius 3 is 3.05 bits per heavy atom. The molecule has 1 amide bonds. The fourth-order valence-electron chi connectivity index (χ4n) is 2.54. The first-order valence-electron chi connectivity index (χ1n) is 6.31. The van der Waals surface area contributed by atoms with E-state index in [9.17, 15) is 4.79 Å². The van der Waals surface area contributed by atoms with Crippen molar-refractivity contribution >= 4 is 5.91 Å². The van der Waals surface area contributed by atoms with Crippen LogP contribution in [0.4, 0.5) is 0 Å². The zero-order valence-corrected chi connectivity index (χ0v) is 10.4. The standard InChI is InChI=1S/C14H14N2O3/c15-7-10-8-18-6-5-16(10)14(17)12-9-19-13-4-2-1-3-11(12)13/h1-4,10,12H,5-6,8-9H2/t10-,12+/m1/s1. The molecule has 2 atom stereocenters. The van der Waals surface area contributed by atoms with E-state index in [1.54, 1.807) is 4.90 Å². The lowest BCUT2D eigenvalue weighted by molar-refractivity contribution is -0.139. The summed E-state index contributed by atoms with van der Waals surface area (Å²) in [5.74, 6) is 0.424. The van der Waals surface area contributed by atoms with E-state index >= 15 is 0 Å². The summed E-state index contributed by atoms with van der Waals surface area (Å²) >= 11 is 0. The van der Waals surface area contributed by atoms with Crippen molar-refractivity contribution in [1.82, 2.24) is 4.90 Å². The van der Waals surface area contributed by atoms with E-state index in [0.717, 1.165) is 11.3 Å². The molecular weight excluding hydrogens is 244 g/mol. The fourth-order valence-corrected chi connectivity index (χ4v) is 2.54. The number of carbonyl (C=O) groups excluding carboxylic acids is 1. The molecule has 5 nitrogen and oxygen atoms in total. The molecule has 0 radical (unpaired) electrons. The maximum atomic E-state index is 12.6. The first-order valence-corrected chi connectivity index (χ1v) is 6.31. The monoisotopic (exact) mass is 258 g/mol. The zero-order chi connectivity index (χ0) is 13.2. The number of amides is 1. The molecule has 5 heteroatoms. The Bertz CT molecular complexity index is 538. The Kier molecular flexibility index (Phi) is 3.10. The van der Waals surface area contributed by atoms with Crippen LogP contribution in [0.3, 0.4) is 0 Å². The maximum Gasteiger partial charge on any atom is 0.234 e. The summed E-state index contributed by atoms with van der Waals surface area (Å²) in [6.07, 6.45) is 0. The Balaban J connectivity index is 1.83. The third-order valence-electron chi connectivity index (χ3n) is 3.56. The largest absolute Gasteiger partial charge is 0.492 e. The number of morpholine rings is 1. The van der Waals surface area contributed by atoms with Gasteiger partial charge in [0.25, 0.3) is 0 Å². The minimum absolute atomic E-state index is 0.0419. The number of para-hydroxylation sites is 1. The molecule has 0 unspecified atom stereocenters. The van der Waals surface area contributed by atoms with Crippen molar-refractivity contribution in [2.45, 2.75) is 12.0 Å². The minimum Gasteiger partial charge on any atom is -0.492 e. The number of rotatable bonds is 1. The van der Waals surface area contributed by atoms with Crippen LogP contribution in [0.2, 0.25) is 0 Å². The molecule has 0 aromatic heterocycles. The second-order valence-corrected chi connectivity index (χ2v) is 4.65. The van der Waals surface area contributed by atoms with Gasteiger partial charge in [0, 0.05) is 12.1 Å². The molecule has 1 fully saturated rings. The van der Waals surface area contributed by atoms with Gasteiger partial charge < -0.3 is 14.4 Å². The average molecular weight is 258 g/mol. The number of nitrogens with zero attached hydrogens (tertiary/aromatic N) is 2. The fraction of sp³-hybridized carbons (Fsp3) is 0.429. The third-order valence-corrected chi connectivity index (χ3v) is 3.56. The van der Waals surface area contributed by atoms with Crippen molar-refractivity contribution < 1.29 is 14.3 Å². The van der Waals surface area contributed by atoms with E-state index in [1.807, 2.05) is 24.3 Å². The molecule has 0 spiro atoms. The van der Waals surface area contributed by atoms with Crippen LogP contribution in [0.1, 0.15) is 11.5 Å². The summed E-state index contributed by atoms with van der Waals surface area (Å²) in [4.78, 5) is 14.2. The van der Waals surface area contributed by atoms with Gasteiger partial charge in [-0.2, -0.15) is 5.26 Å². The third kappa shape index (κ3) is 2.04. The molecule has 3 rings (SSSR count). The molecule has 2 heterocycles. The number of hydrogen-bond acceptors (Lipinski definition) is 4. The van der Waals surface area contributed by atoms with Crippen LogP contribution < -0.4 is 4.74 Å². The average Bonchev–Trinajstić information content (AvgIpc) is 2.90. The highest BCUT2D eigenvalue weighted by Gasteiger charge is 2.37. The summed E-state index contributed by atoms with van der Waals surface area (Å²) in [5.41, 5.74) is 0.913. The van der Waals surface area contributed by atoms with E-state index in [1.165, 1.54) is 0 Å². The van der Waals surface area contributed by atoms with Crippen LogP contribution in [0.5, 0.6) is 5.75 Å². The quantitative estimate of drug-likeness (QED) is 0.751. The van der Waals surface area contributed by atoms with Crippen LogP contribution in [-0.2, 0) is 9.53 Å². The topological polar surface area (TPSA) is 62.6 Å². The van der Waals surface area contributed by atoms with Crippen LogP contribution in [0.15, 0.2) is 24.3 Å². The van der Waals surface area contributed by atoms with Gasteiger partial charge in [-0.3, -0.25) is 4.79 Å². The van der Waals surface area contributed by atoms with E-state index in [4.69, 9.17) is 14.7 Å². The van der Waals surface area contributed by atoms with Crippen LogP contribution in [-0.4, -0.2) is 43.2 Å².